The predicted molar refractivity (Wildman–Crippen MR) is 146 cm³/mol. The molecule has 39 heavy (non-hydrogen) atoms. The zero-order valence-corrected chi connectivity index (χ0v) is 22.4. The van der Waals surface area contributed by atoms with E-state index in [1.54, 1.807) is 38.3 Å². The summed E-state index contributed by atoms with van der Waals surface area (Å²) in [5.41, 5.74) is 1.89. The van der Waals surface area contributed by atoms with Gasteiger partial charge in [0.25, 0.3) is 0 Å². The number of benzene rings is 2. The van der Waals surface area contributed by atoms with Gasteiger partial charge in [-0.05, 0) is 43.3 Å². The highest BCUT2D eigenvalue weighted by atomic mass is 16.5. The Labute approximate surface area is 228 Å². The highest BCUT2D eigenvalue weighted by molar-refractivity contribution is 5.98. The van der Waals surface area contributed by atoms with Gasteiger partial charge in [0, 0.05) is 45.0 Å². The molecule has 1 atom stereocenters. The minimum Gasteiger partial charge on any atom is -0.495 e. The van der Waals surface area contributed by atoms with Gasteiger partial charge in [0.2, 0.25) is 17.7 Å². The van der Waals surface area contributed by atoms with E-state index in [1.165, 1.54) is 4.90 Å². The van der Waals surface area contributed by atoms with Crippen LogP contribution in [0.1, 0.15) is 23.7 Å². The number of esters is 1. The maximum atomic E-state index is 13.3. The zero-order valence-electron chi connectivity index (χ0n) is 22.4. The summed E-state index contributed by atoms with van der Waals surface area (Å²) < 4.78 is 10.4. The molecule has 3 amide bonds. The highest BCUT2D eigenvalue weighted by Crippen LogP contribution is 2.28. The first-order chi connectivity index (χ1) is 18.9. The number of hydrogen-bond acceptors (Lipinski definition) is 8. The lowest BCUT2D eigenvalue weighted by Gasteiger charge is -2.39. The van der Waals surface area contributed by atoms with E-state index in [-0.39, 0.29) is 31.4 Å². The second kappa shape index (κ2) is 13.1. The van der Waals surface area contributed by atoms with Gasteiger partial charge in [0.1, 0.15) is 11.8 Å². The molecule has 2 saturated heterocycles. The normalized spacial score (nSPS) is 17.8. The first kappa shape index (κ1) is 27.9. The molecule has 0 saturated carbocycles. The van der Waals surface area contributed by atoms with Gasteiger partial charge in [0.15, 0.2) is 0 Å². The zero-order chi connectivity index (χ0) is 27.8. The molecule has 0 aliphatic carbocycles. The van der Waals surface area contributed by atoms with Crippen molar-refractivity contribution in [1.82, 2.24) is 15.1 Å². The molecule has 2 N–H and O–H groups in total. The van der Waals surface area contributed by atoms with E-state index in [0.29, 0.717) is 37.4 Å². The second-order valence-electron chi connectivity index (χ2n) is 9.38. The fraction of sp³-hybridized carbons (Fsp3) is 0.429. The number of ether oxygens (including phenoxy) is 2. The van der Waals surface area contributed by atoms with Crippen molar-refractivity contribution in [3.63, 3.8) is 0 Å². The van der Waals surface area contributed by atoms with E-state index in [0.717, 1.165) is 24.5 Å². The Bertz CT molecular complexity index is 1180. The monoisotopic (exact) mass is 537 g/mol. The van der Waals surface area contributed by atoms with Crippen LogP contribution < -0.4 is 20.3 Å². The van der Waals surface area contributed by atoms with Gasteiger partial charge in [-0.15, -0.1) is 0 Å². The van der Waals surface area contributed by atoms with Gasteiger partial charge in [-0.3, -0.25) is 19.3 Å². The van der Waals surface area contributed by atoms with Crippen molar-refractivity contribution >= 4 is 35.1 Å². The Morgan fingerprint density at radius 3 is 2.41 bits per heavy atom. The van der Waals surface area contributed by atoms with Gasteiger partial charge < -0.3 is 29.9 Å². The minimum absolute atomic E-state index is 0.168. The third-order valence-electron chi connectivity index (χ3n) is 6.87. The Morgan fingerprint density at radius 2 is 1.72 bits per heavy atom. The molecule has 0 unspecified atom stereocenters. The van der Waals surface area contributed by atoms with Crippen LogP contribution in [-0.2, 0) is 19.1 Å². The van der Waals surface area contributed by atoms with E-state index in [2.05, 4.69) is 20.4 Å². The molecular weight excluding hydrogens is 502 g/mol. The lowest BCUT2D eigenvalue weighted by molar-refractivity contribution is -0.145. The number of para-hydroxylation sites is 2. The first-order valence-electron chi connectivity index (χ1n) is 13.1. The lowest BCUT2D eigenvalue weighted by Crippen LogP contribution is -2.60. The predicted octanol–water partition coefficient (Wildman–Crippen LogP) is 1.35. The number of carbonyl (C=O) groups is 4. The molecular formula is C28H35N5O6. The van der Waals surface area contributed by atoms with Crippen LogP contribution in [0, 0.1) is 0 Å². The number of methoxy groups -OCH3 is 1. The van der Waals surface area contributed by atoms with Crippen LogP contribution in [0.3, 0.4) is 0 Å². The third-order valence-corrected chi connectivity index (χ3v) is 6.87. The molecule has 0 spiro atoms. The second-order valence-corrected chi connectivity index (χ2v) is 9.38. The van der Waals surface area contributed by atoms with Crippen LogP contribution in [0.4, 0.5) is 11.4 Å². The molecule has 2 aliphatic rings. The fourth-order valence-corrected chi connectivity index (χ4v) is 4.83. The molecule has 4 rings (SSSR count). The Kier molecular flexibility index (Phi) is 9.37. The molecule has 0 bridgehead atoms. The van der Waals surface area contributed by atoms with E-state index < -0.39 is 17.9 Å². The third kappa shape index (κ3) is 7.05. The summed E-state index contributed by atoms with van der Waals surface area (Å²) in [4.78, 5) is 56.4. The number of anilines is 2. The maximum absolute atomic E-state index is 13.3. The number of nitrogens with one attached hydrogen (secondary N) is 2. The van der Waals surface area contributed by atoms with Crippen LogP contribution in [0.15, 0.2) is 48.5 Å². The maximum Gasteiger partial charge on any atom is 0.338 e. The minimum atomic E-state index is -0.889. The molecule has 11 heteroatoms. The van der Waals surface area contributed by atoms with Crippen molar-refractivity contribution in [2.24, 2.45) is 0 Å². The van der Waals surface area contributed by atoms with Crippen molar-refractivity contribution < 1.29 is 28.7 Å². The van der Waals surface area contributed by atoms with Gasteiger partial charge in [-0.2, -0.15) is 0 Å². The van der Waals surface area contributed by atoms with Crippen molar-refractivity contribution in [3.8, 4) is 5.75 Å². The average molecular weight is 538 g/mol. The number of amides is 3. The van der Waals surface area contributed by atoms with Crippen LogP contribution in [0.5, 0.6) is 5.75 Å². The summed E-state index contributed by atoms with van der Waals surface area (Å²) in [5.74, 6) is -0.540. The number of hydrogen-bond donors (Lipinski definition) is 2. The summed E-state index contributed by atoms with van der Waals surface area (Å²) in [6, 6.07) is 13.3. The Hall–Kier alpha value is -4.12. The van der Waals surface area contributed by atoms with Gasteiger partial charge >= 0.3 is 5.97 Å². The molecule has 2 aromatic carbocycles. The topological polar surface area (TPSA) is 121 Å². The fourth-order valence-electron chi connectivity index (χ4n) is 4.83. The average Bonchev–Trinajstić information content (AvgIpc) is 2.95. The first-order valence-corrected chi connectivity index (χ1v) is 13.1. The van der Waals surface area contributed by atoms with Crippen LogP contribution in [0.2, 0.25) is 0 Å². The number of piperazine rings is 2. The van der Waals surface area contributed by atoms with Gasteiger partial charge in [0.05, 0.1) is 37.9 Å². The van der Waals surface area contributed by atoms with Crippen molar-refractivity contribution in [2.75, 3.05) is 69.7 Å². The molecule has 2 aromatic rings. The summed E-state index contributed by atoms with van der Waals surface area (Å²) in [7, 11) is 1.65. The van der Waals surface area contributed by atoms with Gasteiger partial charge in [-0.1, -0.05) is 12.1 Å². The molecule has 0 aromatic heterocycles. The van der Waals surface area contributed by atoms with E-state index in [1.807, 2.05) is 24.3 Å². The summed E-state index contributed by atoms with van der Waals surface area (Å²) in [5, 5.41) is 5.50. The van der Waals surface area contributed by atoms with Crippen LogP contribution >= 0.6 is 0 Å². The van der Waals surface area contributed by atoms with Crippen LogP contribution in [0.25, 0.3) is 0 Å². The SMILES string of the molecule is CCOC(=O)c1ccc(NC(=O)C[C@H]2C(=O)NCCN2C(=O)CN2CCN(c3ccccc3OC)CC2)cc1. The molecule has 208 valence electrons. The number of nitrogens with zero attached hydrogens (tertiary/aromatic N) is 3. The number of carbonyl (C=O) groups excluding carboxylic acids is 4. The highest BCUT2D eigenvalue weighted by Gasteiger charge is 2.35. The van der Waals surface area contributed by atoms with Crippen molar-refractivity contribution in [2.45, 2.75) is 19.4 Å². The molecule has 2 aliphatic heterocycles. The van der Waals surface area contributed by atoms with Gasteiger partial charge in [-0.25, -0.2) is 4.79 Å². The van der Waals surface area contributed by atoms with Crippen molar-refractivity contribution in [3.05, 3.63) is 54.1 Å². The molecule has 11 nitrogen and oxygen atoms in total. The summed E-state index contributed by atoms with van der Waals surface area (Å²) in [6.07, 6.45) is -0.168. The molecule has 2 fully saturated rings. The Balaban J connectivity index is 1.31. The quantitative estimate of drug-likeness (QED) is 0.460. The summed E-state index contributed by atoms with van der Waals surface area (Å²) >= 11 is 0. The smallest absolute Gasteiger partial charge is 0.338 e. The largest absolute Gasteiger partial charge is 0.495 e. The van der Waals surface area contributed by atoms with E-state index >= 15 is 0 Å². The van der Waals surface area contributed by atoms with E-state index in [4.69, 9.17) is 9.47 Å². The molecule has 0 radical (unpaired) electrons. The lowest BCUT2D eigenvalue weighted by atomic mass is 10.1. The van der Waals surface area contributed by atoms with Crippen LogP contribution in [-0.4, -0.2) is 99.1 Å². The van der Waals surface area contributed by atoms with Crippen molar-refractivity contribution in [1.29, 1.82) is 0 Å². The molecule has 2 heterocycles. The Morgan fingerprint density at radius 1 is 1.00 bits per heavy atom. The standard InChI is InChI=1S/C28H35N5O6/c1-3-39-28(37)20-8-10-21(11-9-20)30-25(34)18-23-27(36)29-12-13-33(23)26(35)19-31-14-16-32(17-15-31)22-6-4-5-7-24(22)38-2/h4-11,23H,3,12-19H2,1-2H3,(H,29,36)(H,30,34)/t23-/m0/s1. The van der Waals surface area contributed by atoms with E-state index in [9.17, 15) is 19.2 Å². The summed E-state index contributed by atoms with van der Waals surface area (Å²) in [6.45, 7) is 5.75. The number of rotatable bonds is 9.